The van der Waals surface area contributed by atoms with Crippen LogP contribution in [0.25, 0.3) is 21.3 Å². The van der Waals surface area contributed by atoms with Crippen LogP contribution in [0.1, 0.15) is 58.4 Å². The van der Waals surface area contributed by atoms with Crippen molar-refractivity contribution in [3.05, 3.63) is 63.7 Å². The van der Waals surface area contributed by atoms with Crippen molar-refractivity contribution < 1.29 is 18.8 Å². The number of thiazole rings is 1. The predicted octanol–water partition coefficient (Wildman–Crippen LogP) is 7.53. The molecule has 2 N–H and O–H groups in total. The van der Waals surface area contributed by atoms with Crippen LogP contribution in [0, 0.1) is 5.92 Å². The molecule has 2 aromatic heterocycles. The van der Waals surface area contributed by atoms with Gasteiger partial charge in [0.2, 0.25) is 0 Å². The SMILES string of the molecule is COC(=O)C1CCC(NCc2nc3c(Nc4cccc(-c5cccc(B6OC(C)(C)C(C)(C)O6)c5Cl)c4Cl)nccc3s2)CC1. The highest BCUT2D eigenvalue weighted by molar-refractivity contribution is 7.18. The molecule has 236 valence electrons. The van der Waals surface area contributed by atoms with Gasteiger partial charge in [-0.1, -0.05) is 53.5 Å². The number of nitrogens with one attached hydrogen (secondary N) is 2. The Morgan fingerprint density at radius 1 is 1.00 bits per heavy atom. The van der Waals surface area contributed by atoms with E-state index in [2.05, 4.69) is 15.6 Å². The number of halogens is 2. The third kappa shape index (κ3) is 6.46. The number of esters is 1. The molecule has 0 amide bonds. The van der Waals surface area contributed by atoms with Gasteiger partial charge in [-0.05, 0) is 65.5 Å². The number of aromatic nitrogens is 2. The third-order valence-electron chi connectivity index (χ3n) is 9.23. The van der Waals surface area contributed by atoms with Crippen LogP contribution in [0.2, 0.25) is 10.0 Å². The number of carbonyl (C=O) groups is 1. The number of ether oxygens (including phenoxy) is 1. The molecule has 1 saturated heterocycles. The lowest BCUT2D eigenvalue weighted by Crippen LogP contribution is -2.41. The van der Waals surface area contributed by atoms with E-state index >= 15 is 0 Å². The second-order valence-electron chi connectivity index (χ2n) is 12.7. The molecule has 0 radical (unpaired) electrons. The maximum Gasteiger partial charge on any atom is 0.496 e. The molecule has 6 rings (SSSR count). The van der Waals surface area contributed by atoms with E-state index in [0.717, 1.165) is 57.5 Å². The van der Waals surface area contributed by atoms with E-state index in [4.69, 9.17) is 42.2 Å². The van der Waals surface area contributed by atoms with Crippen LogP contribution in [-0.2, 0) is 25.4 Å². The average Bonchev–Trinajstić information content (AvgIpc) is 3.54. The predicted molar refractivity (Wildman–Crippen MR) is 183 cm³/mol. The summed E-state index contributed by atoms with van der Waals surface area (Å²) in [5.74, 6) is 0.538. The van der Waals surface area contributed by atoms with Gasteiger partial charge in [-0.3, -0.25) is 4.79 Å². The Labute approximate surface area is 278 Å². The molecule has 0 atom stereocenters. The van der Waals surface area contributed by atoms with E-state index in [0.29, 0.717) is 34.1 Å². The summed E-state index contributed by atoms with van der Waals surface area (Å²) in [6.45, 7) is 8.73. The molecule has 0 bridgehead atoms. The van der Waals surface area contributed by atoms with Crippen molar-refractivity contribution in [2.75, 3.05) is 12.4 Å². The number of hydrogen-bond donors (Lipinski definition) is 2. The lowest BCUT2D eigenvalue weighted by Gasteiger charge is -2.32. The largest absolute Gasteiger partial charge is 0.496 e. The van der Waals surface area contributed by atoms with Gasteiger partial charge in [0.05, 0.1) is 39.6 Å². The zero-order chi connectivity index (χ0) is 31.9. The number of nitrogens with zero attached hydrogens (tertiary/aromatic N) is 2. The highest BCUT2D eigenvalue weighted by Crippen LogP contribution is 2.41. The fraction of sp³-hybridized carbons (Fsp3) is 0.424. The van der Waals surface area contributed by atoms with Gasteiger partial charge in [-0.2, -0.15) is 0 Å². The van der Waals surface area contributed by atoms with E-state index in [1.165, 1.54) is 7.11 Å². The average molecular weight is 667 g/mol. The number of carbonyl (C=O) groups excluding carboxylic acids is 1. The minimum atomic E-state index is -0.590. The Kier molecular flexibility index (Phi) is 9.18. The molecule has 3 heterocycles. The smallest absolute Gasteiger partial charge is 0.469 e. The Balaban J connectivity index is 1.20. The maximum atomic E-state index is 11.9. The van der Waals surface area contributed by atoms with Gasteiger partial charge >= 0.3 is 13.1 Å². The van der Waals surface area contributed by atoms with E-state index in [9.17, 15) is 4.79 Å². The second kappa shape index (κ2) is 12.8. The summed E-state index contributed by atoms with van der Waals surface area (Å²) >= 11 is 15.7. The minimum absolute atomic E-state index is 0.00986. The molecule has 2 fully saturated rings. The van der Waals surface area contributed by atoms with E-state index in [1.807, 2.05) is 70.2 Å². The number of fused-ring (bicyclic) bond motifs is 1. The Morgan fingerprint density at radius 2 is 1.67 bits per heavy atom. The standard InChI is InChI=1S/C33H37BCl2N4O4S/c1-32(2)33(3,4)44-34(43-32)23-10-6-8-21(27(23)35)22-9-7-11-24(28(22)36)39-30-29-25(16-17-37-30)45-26(40-29)18-38-20-14-12-19(13-15-20)31(41)42-5/h6-11,16-17,19-20,38H,12-15,18H2,1-5H3,(H,37,39). The van der Waals surface area contributed by atoms with Gasteiger partial charge in [0, 0.05) is 40.4 Å². The van der Waals surface area contributed by atoms with Crippen LogP contribution in [-0.4, -0.2) is 47.4 Å². The van der Waals surface area contributed by atoms with Gasteiger partial charge in [-0.15, -0.1) is 11.3 Å². The van der Waals surface area contributed by atoms with Crippen LogP contribution < -0.4 is 16.1 Å². The lowest BCUT2D eigenvalue weighted by atomic mass is 9.77. The van der Waals surface area contributed by atoms with Gasteiger partial charge in [0.1, 0.15) is 10.5 Å². The Bertz CT molecular complexity index is 1710. The number of hydrogen-bond acceptors (Lipinski definition) is 9. The topological polar surface area (TPSA) is 94.6 Å². The van der Waals surface area contributed by atoms with Gasteiger partial charge < -0.3 is 24.7 Å². The van der Waals surface area contributed by atoms with Crippen LogP contribution in [0.4, 0.5) is 11.5 Å². The molecule has 8 nitrogen and oxygen atoms in total. The van der Waals surface area contributed by atoms with Crippen molar-refractivity contribution in [3.8, 4) is 11.1 Å². The summed E-state index contributed by atoms with van der Waals surface area (Å²) in [6.07, 6.45) is 5.34. The molecule has 1 saturated carbocycles. The maximum absolute atomic E-state index is 11.9. The summed E-state index contributed by atoms with van der Waals surface area (Å²) in [5.41, 5.74) is 2.84. The zero-order valence-corrected chi connectivity index (χ0v) is 28.4. The van der Waals surface area contributed by atoms with Crippen molar-refractivity contribution >= 4 is 74.8 Å². The third-order valence-corrected chi connectivity index (χ3v) is 11.1. The molecule has 0 spiro atoms. The molecule has 1 aliphatic heterocycles. The summed E-state index contributed by atoms with van der Waals surface area (Å²) < 4.78 is 18.5. The van der Waals surface area contributed by atoms with Gasteiger partial charge in [-0.25, -0.2) is 9.97 Å². The fourth-order valence-corrected chi connectivity index (χ4v) is 7.38. The first-order valence-electron chi connectivity index (χ1n) is 15.2. The Hall–Kier alpha value is -2.73. The highest BCUT2D eigenvalue weighted by atomic mass is 35.5. The molecule has 1 aliphatic carbocycles. The van der Waals surface area contributed by atoms with Crippen molar-refractivity contribution in [3.63, 3.8) is 0 Å². The first kappa shape index (κ1) is 32.2. The molecule has 12 heteroatoms. The summed E-state index contributed by atoms with van der Waals surface area (Å²) in [6, 6.07) is 13.9. The van der Waals surface area contributed by atoms with Crippen LogP contribution >= 0.6 is 34.5 Å². The number of rotatable bonds is 8. The van der Waals surface area contributed by atoms with Gasteiger partial charge in [0.25, 0.3) is 0 Å². The normalized spacial score (nSPS) is 20.8. The summed E-state index contributed by atoms with van der Waals surface area (Å²) in [7, 11) is 0.868. The van der Waals surface area contributed by atoms with Crippen LogP contribution in [0.3, 0.4) is 0 Å². The molecule has 0 unspecified atom stereocenters. The number of anilines is 2. The van der Waals surface area contributed by atoms with Crippen molar-refractivity contribution in [1.29, 1.82) is 0 Å². The second-order valence-corrected chi connectivity index (χ2v) is 14.5. The van der Waals surface area contributed by atoms with Crippen molar-refractivity contribution in [1.82, 2.24) is 15.3 Å². The Morgan fingerprint density at radius 3 is 2.36 bits per heavy atom. The van der Waals surface area contributed by atoms with E-state index in [-0.39, 0.29) is 11.9 Å². The number of methoxy groups -OCH3 is 1. The van der Waals surface area contributed by atoms with Crippen molar-refractivity contribution in [2.24, 2.45) is 5.92 Å². The molecular formula is C33H37BCl2N4O4S. The fourth-order valence-electron chi connectivity index (χ4n) is 5.87. The molecule has 2 aliphatic rings. The molecule has 45 heavy (non-hydrogen) atoms. The van der Waals surface area contributed by atoms with E-state index < -0.39 is 18.3 Å². The molecular weight excluding hydrogens is 630 g/mol. The number of benzene rings is 2. The highest BCUT2D eigenvalue weighted by Gasteiger charge is 2.52. The van der Waals surface area contributed by atoms with Crippen LogP contribution in [0.5, 0.6) is 0 Å². The minimum Gasteiger partial charge on any atom is -0.469 e. The quantitative estimate of drug-likeness (QED) is 0.147. The monoisotopic (exact) mass is 666 g/mol. The lowest BCUT2D eigenvalue weighted by molar-refractivity contribution is -0.146. The van der Waals surface area contributed by atoms with Gasteiger partial charge in [0.15, 0.2) is 5.82 Å². The first-order valence-corrected chi connectivity index (χ1v) is 16.8. The molecule has 4 aromatic rings. The summed E-state index contributed by atoms with van der Waals surface area (Å²) in [4.78, 5) is 21.4. The first-order chi connectivity index (χ1) is 21.5. The summed E-state index contributed by atoms with van der Waals surface area (Å²) in [5, 5.41) is 9.07. The van der Waals surface area contributed by atoms with Crippen LogP contribution in [0.15, 0.2) is 48.7 Å². The number of pyridine rings is 1. The van der Waals surface area contributed by atoms with E-state index in [1.54, 1.807) is 17.5 Å². The van der Waals surface area contributed by atoms with Crippen molar-refractivity contribution in [2.45, 2.75) is 77.2 Å². The zero-order valence-electron chi connectivity index (χ0n) is 26.1. The molecule has 2 aromatic carbocycles.